The van der Waals surface area contributed by atoms with Crippen molar-refractivity contribution in [1.82, 2.24) is 5.32 Å². The van der Waals surface area contributed by atoms with Crippen LogP contribution in [0.25, 0.3) is 6.08 Å². The topological polar surface area (TPSA) is 47.6 Å². The molecule has 0 unspecified atom stereocenters. The summed E-state index contributed by atoms with van der Waals surface area (Å²) in [5, 5.41) is 3.13. The lowest BCUT2D eigenvalue weighted by Gasteiger charge is -2.16. The van der Waals surface area contributed by atoms with Crippen LogP contribution in [0.3, 0.4) is 0 Å². The molecule has 1 atom stereocenters. The van der Waals surface area contributed by atoms with Crippen molar-refractivity contribution < 1.29 is 14.3 Å². The van der Waals surface area contributed by atoms with Crippen LogP contribution < -0.4 is 14.8 Å². The maximum Gasteiger partial charge on any atom is 0.328 e. The van der Waals surface area contributed by atoms with Crippen LogP contribution in [0.4, 0.5) is 0 Å². The predicted octanol–water partition coefficient (Wildman–Crippen LogP) is 1.75. The number of fused-ring (bicyclic) bond motifs is 1. The zero-order chi connectivity index (χ0) is 12.4. The van der Waals surface area contributed by atoms with E-state index >= 15 is 0 Å². The highest BCUT2D eigenvalue weighted by atomic mass is 16.5. The highest BCUT2D eigenvalue weighted by Crippen LogP contribution is 2.32. The van der Waals surface area contributed by atoms with Crippen molar-refractivity contribution in [3.63, 3.8) is 0 Å². The van der Waals surface area contributed by atoms with Gasteiger partial charge in [-0.05, 0) is 43.7 Å². The zero-order valence-corrected chi connectivity index (χ0v) is 10.0. The van der Waals surface area contributed by atoms with Gasteiger partial charge in [0.1, 0.15) is 24.1 Å². The summed E-state index contributed by atoms with van der Waals surface area (Å²) in [4.78, 5) is 12.0. The maximum atomic E-state index is 12.0. The fourth-order valence-electron chi connectivity index (χ4n) is 2.27. The second-order valence-electron chi connectivity index (χ2n) is 4.45. The third kappa shape index (κ3) is 2.11. The number of hydrogen-bond donors (Lipinski definition) is 1. The maximum absolute atomic E-state index is 12.0. The molecule has 1 fully saturated rings. The molecule has 0 amide bonds. The Balaban J connectivity index is 1.80. The Labute approximate surface area is 106 Å². The Bertz CT molecular complexity index is 490. The van der Waals surface area contributed by atoms with Crippen LogP contribution in [0, 0.1) is 0 Å². The van der Waals surface area contributed by atoms with Gasteiger partial charge in [-0.2, -0.15) is 0 Å². The van der Waals surface area contributed by atoms with Gasteiger partial charge < -0.3 is 14.8 Å². The molecule has 0 saturated carbocycles. The zero-order valence-electron chi connectivity index (χ0n) is 10.0. The lowest BCUT2D eigenvalue weighted by atomic mass is 10.1. The molecule has 94 valence electrons. The second-order valence-corrected chi connectivity index (χ2v) is 4.45. The summed E-state index contributed by atoms with van der Waals surface area (Å²) in [7, 11) is 0. The van der Waals surface area contributed by atoms with E-state index in [1.165, 1.54) is 0 Å². The number of carbonyl (C=O) groups excluding carboxylic acids is 1. The molecule has 2 aliphatic heterocycles. The standard InChI is InChI=1S/C14H15NO3/c16-14(11-5-2-8-15-11)18-13-7-1-6-12-10(13)4-3-9-17-12/h1,3-4,6-7,11,15H,2,5,8-9H2/t11-/m0/s1. The molecule has 0 aliphatic carbocycles. The minimum atomic E-state index is -0.208. The van der Waals surface area contributed by atoms with Crippen LogP contribution in [0.15, 0.2) is 24.3 Å². The quantitative estimate of drug-likeness (QED) is 0.637. The molecule has 0 spiro atoms. The van der Waals surface area contributed by atoms with Crippen LogP contribution in [0.1, 0.15) is 18.4 Å². The minimum absolute atomic E-state index is 0.172. The average molecular weight is 245 g/mol. The van der Waals surface area contributed by atoms with Gasteiger partial charge in [0.2, 0.25) is 0 Å². The van der Waals surface area contributed by atoms with E-state index in [9.17, 15) is 4.79 Å². The molecule has 1 N–H and O–H groups in total. The van der Waals surface area contributed by atoms with Crippen molar-refractivity contribution in [2.75, 3.05) is 13.2 Å². The highest BCUT2D eigenvalue weighted by molar-refractivity contribution is 5.80. The monoisotopic (exact) mass is 245 g/mol. The van der Waals surface area contributed by atoms with Crippen LogP contribution in [0.2, 0.25) is 0 Å². The van der Waals surface area contributed by atoms with Crippen LogP contribution >= 0.6 is 0 Å². The lowest BCUT2D eigenvalue weighted by Crippen LogP contribution is -2.34. The van der Waals surface area contributed by atoms with Crippen molar-refractivity contribution in [3.05, 3.63) is 29.8 Å². The molecular formula is C14H15NO3. The first kappa shape index (κ1) is 11.3. The molecule has 2 aliphatic rings. The smallest absolute Gasteiger partial charge is 0.328 e. The van der Waals surface area contributed by atoms with Crippen molar-refractivity contribution in [3.8, 4) is 11.5 Å². The second kappa shape index (κ2) is 4.82. The van der Waals surface area contributed by atoms with Crippen molar-refractivity contribution in [2.24, 2.45) is 0 Å². The first-order valence-corrected chi connectivity index (χ1v) is 6.22. The molecule has 4 heteroatoms. The molecule has 0 radical (unpaired) electrons. The van der Waals surface area contributed by atoms with E-state index in [2.05, 4.69) is 5.32 Å². The third-order valence-electron chi connectivity index (χ3n) is 3.20. The third-order valence-corrected chi connectivity index (χ3v) is 3.20. The summed E-state index contributed by atoms with van der Waals surface area (Å²) in [5.41, 5.74) is 0.843. The first-order chi connectivity index (χ1) is 8.84. The number of hydrogen-bond acceptors (Lipinski definition) is 4. The SMILES string of the molecule is O=C(Oc1cccc2c1C=CCO2)[C@@H]1CCCN1. The minimum Gasteiger partial charge on any atom is -0.489 e. The number of nitrogens with one attached hydrogen (secondary N) is 1. The molecule has 0 bridgehead atoms. The molecular weight excluding hydrogens is 230 g/mol. The van der Waals surface area contributed by atoms with Gasteiger partial charge in [0.15, 0.2) is 0 Å². The van der Waals surface area contributed by atoms with Gasteiger partial charge in [-0.1, -0.05) is 6.07 Å². The number of ether oxygens (including phenoxy) is 2. The summed E-state index contributed by atoms with van der Waals surface area (Å²) in [5.74, 6) is 1.13. The molecule has 0 aromatic heterocycles. The normalized spacial score (nSPS) is 21.2. The van der Waals surface area contributed by atoms with E-state index < -0.39 is 0 Å². The van der Waals surface area contributed by atoms with Gasteiger partial charge in [0, 0.05) is 0 Å². The van der Waals surface area contributed by atoms with Crippen LogP contribution in [-0.2, 0) is 4.79 Å². The summed E-state index contributed by atoms with van der Waals surface area (Å²) in [6, 6.07) is 5.34. The predicted molar refractivity (Wildman–Crippen MR) is 67.6 cm³/mol. The van der Waals surface area contributed by atoms with Gasteiger partial charge in [-0.25, -0.2) is 4.79 Å². The fraction of sp³-hybridized carbons (Fsp3) is 0.357. The average Bonchev–Trinajstić information content (AvgIpc) is 2.93. The fourth-order valence-corrected chi connectivity index (χ4v) is 2.27. The van der Waals surface area contributed by atoms with Crippen LogP contribution in [0.5, 0.6) is 11.5 Å². The number of benzene rings is 1. The molecule has 1 saturated heterocycles. The lowest BCUT2D eigenvalue weighted by molar-refractivity contribution is -0.136. The molecule has 18 heavy (non-hydrogen) atoms. The van der Waals surface area contributed by atoms with E-state index in [1.807, 2.05) is 24.3 Å². The largest absolute Gasteiger partial charge is 0.489 e. The molecule has 2 heterocycles. The number of rotatable bonds is 2. The molecule has 1 aromatic carbocycles. The molecule has 4 nitrogen and oxygen atoms in total. The highest BCUT2D eigenvalue weighted by Gasteiger charge is 2.25. The Kier molecular flexibility index (Phi) is 3.02. The summed E-state index contributed by atoms with van der Waals surface area (Å²) in [6.45, 7) is 1.45. The van der Waals surface area contributed by atoms with E-state index in [4.69, 9.17) is 9.47 Å². The summed E-state index contributed by atoms with van der Waals surface area (Å²) in [6.07, 6.45) is 5.72. The van der Waals surface area contributed by atoms with Crippen molar-refractivity contribution in [2.45, 2.75) is 18.9 Å². The van der Waals surface area contributed by atoms with Gasteiger partial charge >= 0.3 is 5.97 Å². The Hall–Kier alpha value is -1.81. The summed E-state index contributed by atoms with van der Waals surface area (Å²) >= 11 is 0. The molecule has 1 aromatic rings. The Morgan fingerprint density at radius 3 is 3.22 bits per heavy atom. The summed E-state index contributed by atoms with van der Waals surface area (Å²) < 4.78 is 10.9. The number of carbonyl (C=O) groups is 1. The van der Waals surface area contributed by atoms with Gasteiger partial charge in [-0.15, -0.1) is 0 Å². The number of esters is 1. The van der Waals surface area contributed by atoms with E-state index in [0.717, 1.165) is 30.7 Å². The molecule has 3 rings (SSSR count). The van der Waals surface area contributed by atoms with Crippen molar-refractivity contribution >= 4 is 12.0 Å². The van der Waals surface area contributed by atoms with E-state index in [1.54, 1.807) is 6.07 Å². The first-order valence-electron chi connectivity index (χ1n) is 6.22. The van der Waals surface area contributed by atoms with E-state index in [-0.39, 0.29) is 12.0 Å². The Morgan fingerprint density at radius 2 is 2.39 bits per heavy atom. The van der Waals surface area contributed by atoms with Gasteiger partial charge in [-0.3, -0.25) is 0 Å². The van der Waals surface area contributed by atoms with Crippen LogP contribution in [-0.4, -0.2) is 25.2 Å². The van der Waals surface area contributed by atoms with Gasteiger partial charge in [0.25, 0.3) is 0 Å². The van der Waals surface area contributed by atoms with E-state index in [0.29, 0.717) is 12.4 Å². The van der Waals surface area contributed by atoms with Crippen molar-refractivity contribution in [1.29, 1.82) is 0 Å². The Morgan fingerprint density at radius 1 is 1.44 bits per heavy atom. The van der Waals surface area contributed by atoms with Gasteiger partial charge in [0.05, 0.1) is 5.56 Å².